The van der Waals surface area contributed by atoms with E-state index in [1.807, 2.05) is 12.2 Å². The number of nitrogens with zero attached hydrogens (tertiary/aromatic N) is 3. The first kappa shape index (κ1) is 24.6. The quantitative estimate of drug-likeness (QED) is 0.466. The van der Waals surface area contributed by atoms with E-state index in [2.05, 4.69) is 33.5 Å². The molecule has 0 spiro atoms. The molecule has 2 N–H and O–H groups in total. The fourth-order valence-electron chi connectivity index (χ4n) is 4.66. The third-order valence-corrected chi connectivity index (χ3v) is 6.64. The number of hydrogen-bond acceptors (Lipinski definition) is 7. The summed E-state index contributed by atoms with van der Waals surface area (Å²) >= 11 is 0. The standard InChI is InChI=1S/C28H23N5O5/c1-37-20-7-6-19-15-33(25(34)21(19)13-20)16-28(26(35)31-27(36)32-28)11-10-23-24(38-2)9-8-22(30-23)18-5-3-4-17(12-18)14-29/h3-4,6-9,12-13,18H,5,15-16H2,1-2H3,(H2,31,32,35,36)/t18?,28-/m1/s1. The number of pyridine rings is 1. The van der Waals surface area contributed by atoms with Crippen LogP contribution in [0.25, 0.3) is 0 Å². The number of urea groups is 1. The number of hydrogen-bond donors (Lipinski definition) is 2. The summed E-state index contributed by atoms with van der Waals surface area (Å²) in [5.41, 5.74) is 1.05. The Bertz CT molecular complexity index is 1530. The molecule has 0 saturated carbocycles. The lowest BCUT2D eigenvalue weighted by Crippen LogP contribution is -2.54. The number of imide groups is 1. The molecule has 38 heavy (non-hydrogen) atoms. The highest BCUT2D eigenvalue weighted by molar-refractivity contribution is 6.10. The molecule has 0 bridgehead atoms. The van der Waals surface area contributed by atoms with Gasteiger partial charge in [0.15, 0.2) is 11.4 Å². The van der Waals surface area contributed by atoms with E-state index in [-0.39, 0.29) is 30.6 Å². The van der Waals surface area contributed by atoms with Crippen LogP contribution in [0, 0.1) is 23.2 Å². The number of benzene rings is 1. The van der Waals surface area contributed by atoms with Gasteiger partial charge in [0.25, 0.3) is 11.8 Å². The monoisotopic (exact) mass is 509 g/mol. The molecule has 1 aliphatic carbocycles. The Balaban J connectivity index is 1.48. The Labute approximate surface area is 218 Å². The van der Waals surface area contributed by atoms with Gasteiger partial charge in [0.1, 0.15) is 5.75 Å². The molecule has 1 unspecified atom stereocenters. The maximum Gasteiger partial charge on any atom is 0.323 e. The van der Waals surface area contributed by atoms with Crippen LogP contribution in [-0.2, 0) is 11.3 Å². The fourth-order valence-corrected chi connectivity index (χ4v) is 4.66. The summed E-state index contributed by atoms with van der Waals surface area (Å²) in [7, 11) is 3.00. The number of rotatable bonds is 5. The van der Waals surface area contributed by atoms with Crippen LogP contribution in [-0.4, -0.2) is 54.0 Å². The molecule has 3 heterocycles. The molecule has 10 nitrogen and oxygen atoms in total. The van der Waals surface area contributed by atoms with Crippen molar-refractivity contribution < 1.29 is 23.9 Å². The molecule has 5 rings (SSSR count). The zero-order valence-corrected chi connectivity index (χ0v) is 20.7. The minimum absolute atomic E-state index is 0.123. The predicted molar refractivity (Wildman–Crippen MR) is 135 cm³/mol. The van der Waals surface area contributed by atoms with Crippen LogP contribution < -0.4 is 20.1 Å². The number of carbonyl (C=O) groups excluding carboxylic acids is 3. The van der Waals surface area contributed by atoms with Crippen LogP contribution in [0.4, 0.5) is 4.79 Å². The molecular weight excluding hydrogens is 486 g/mol. The van der Waals surface area contributed by atoms with Crippen molar-refractivity contribution in [2.45, 2.75) is 24.4 Å². The minimum Gasteiger partial charge on any atom is -0.497 e. The molecule has 4 amide bonds. The van der Waals surface area contributed by atoms with Gasteiger partial charge in [-0.15, -0.1) is 0 Å². The van der Waals surface area contributed by atoms with Gasteiger partial charge in [0.2, 0.25) is 5.54 Å². The van der Waals surface area contributed by atoms with Crippen LogP contribution in [0.3, 0.4) is 0 Å². The predicted octanol–water partition coefficient (Wildman–Crippen LogP) is 2.18. The number of carbonyl (C=O) groups is 3. The molecular formula is C28H23N5O5. The fraction of sp³-hybridized carbons (Fsp3) is 0.250. The van der Waals surface area contributed by atoms with Crippen molar-refractivity contribution in [3.8, 4) is 29.4 Å². The minimum atomic E-state index is -1.69. The second-order valence-electron chi connectivity index (χ2n) is 9.01. The first-order valence-corrected chi connectivity index (χ1v) is 11.8. The molecule has 10 heteroatoms. The molecule has 3 aliphatic rings. The number of methoxy groups -OCH3 is 2. The van der Waals surface area contributed by atoms with E-state index in [9.17, 15) is 19.6 Å². The van der Waals surface area contributed by atoms with Crippen LogP contribution in [0.5, 0.6) is 11.5 Å². The van der Waals surface area contributed by atoms with Crippen LogP contribution in [0.15, 0.2) is 54.1 Å². The van der Waals surface area contributed by atoms with Crippen LogP contribution in [0.2, 0.25) is 0 Å². The zero-order chi connectivity index (χ0) is 26.9. The Morgan fingerprint density at radius 2 is 2.03 bits per heavy atom. The average Bonchev–Trinajstić information content (AvgIpc) is 3.40. The highest BCUT2D eigenvalue weighted by Crippen LogP contribution is 2.30. The van der Waals surface area contributed by atoms with E-state index in [4.69, 9.17) is 9.47 Å². The summed E-state index contributed by atoms with van der Waals surface area (Å²) in [6.07, 6.45) is 6.18. The molecule has 0 radical (unpaired) electrons. The maximum atomic E-state index is 13.1. The number of nitriles is 1. The number of fused-ring (bicyclic) bond motifs is 1. The maximum absolute atomic E-state index is 13.1. The van der Waals surface area contributed by atoms with Crippen molar-refractivity contribution in [3.63, 3.8) is 0 Å². The van der Waals surface area contributed by atoms with Gasteiger partial charge in [0.05, 0.1) is 26.8 Å². The number of aromatic nitrogens is 1. The van der Waals surface area contributed by atoms with Crippen LogP contribution in [0.1, 0.15) is 39.6 Å². The van der Waals surface area contributed by atoms with E-state index in [0.29, 0.717) is 34.8 Å². The first-order chi connectivity index (χ1) is 18.4. The van der Waals surface area contributed by atoms with Crippen molar-refractivity contribution >= 4 is 17.8 Å². The van der Waals surface area contributed by atoms with Crippen molar-refractivity contribution in [2.24, 2.45) is 0 Å². The molecule has 1 aromatic carbocycles. The Morgan fingerprint density at radius 1 is 1.18 bits per heavy atom. The van der Waals surface area contributed by atoms with Gasteiger partial charge in [-0.25, -0.2) is 9.78 Å². The lowest BCUT2D eigenvalue weighted by atomic mass is 9.93. The Kier molecular flexibility index (Phi) is 6.31. The van der Waals surface area contributed by atoms with E-state index >= 15 is 0 Å². The third kappa shape index (κ3) is 4.44. The van der Waals surface area contributed by atoms with Gasteiger partial charge in [0, 0.05) is 29.3 Å². The van der Waals surface area contributed by atoms with Crippen molar-refractivity contribution in [1.82, 2.24) is 20.5 Å². The van der Waals surface area contributed by atoms with Gasteiger partial charge in [-0.2, -0.15) is 5.26 Å². The second kappa shape index (κ2) is 9.75. The van der Waals surface area contributed by atoms with Gasteiger partial charge < -0.3 is 19.7 Å². The normalized spacial score (nSPS) is 21.5. The van der Waals surface area contributed by atoms with E-state index < -0.39 is 17.5 Å². The molecule has 1 saturated heterocycles. The zero-order valence-electron chi connectivity index (χ0n) is 20.7. The molecule has 2 atom stereocenters. The van der Waals surface area contributed by atoms with Gasteiger partial charge in [-0.3, -0.25) is 14.9 Å². The van der Waals surface area contributed by atoms with E-state index in [1.54, 1.807) is 36.4 Å². The Morgan fingerprint density at radius 3 is 2.74 bits per heavy atom. The van der Waals surface area contributed by atoms with Crippen molar-refractivity contribution in [1.29, 1.82) is 5.26 Å². The topological polar surface area (TPSA) is 134 Å². The number of ether oxygens (including phenoxy) is 2. The average molecular weight is 510 g/mol. The number of allylic oxidation sites excluding steroid dienone is 4. The largest absolute Gasteiger partial charge is 0.497 e. The van der Waals surface area contributed by atoms with Crippen LogP contribution >= 0.6 is 0 Å². The van der Waals surface area contributed by atoms with E-state index in [0.717, 1.165) is 5.56 Å². The summed E-state index contributed by atoms with van der Waals surface area (Å²) in [6, 6.07) is 10.2. The summed E-state index contributed by atoms with van der Waals surface area (Å²) in [5.74, 6) is 5.63. The lowest BCUT2D eigenvalue weighted by Gasteiger charge is -2.26. The summed E-state index contributed by atoms with van der Waals surface area (Å²) in [6.45, 7) is 0.0850. The van der Waals surface area contributed by atoms with Gasteiger partial charge in [-0.1, -0.05) is 24.1 Å². The molecule has 190 valence electrons. The first-order valence-electron chi connectivity index (χ1n) is 11.8. The lowest BCUT2D eigenvalue weighted by molar-refractivity contribution is -0.122. The summed E-state index contributed by atoms with van der Waals surface area (Å²) < 4.78 is 10.7. The smallest absolute Gasteiger partial charge is 0.323 e. The summed E-state index contributed by atoms with van der Waals surface area (Å²) in [4.78, 5) is 44.4. The number of nitrogens with one attached hydrogen (secondary N) is 2. The second-order valence-corrected chi connectivity index (χ2v) is 9.01. The van der Waals surface area contributed by atoms with Gasteiger partial charge in [-0.05, 0) is 48.2 Å². The van der Waals surface area contributed by atoms with E-state index in [1.165, 1.54) is 19.1 Å². The highest BCUT2D eigenvalue weighted by Gasteiger charge is 2.48. The highest BCUT2D eigenvalue weighted by atomic mass is 16.5. The third-order valence-electron chi connectivity index (χ3n) is 6.64. The summed E-state index contributed by atoms with van der Waals surface area (Å²) in [5, 5.41) is 14.1. The SMILES string of the molecule is COc1ccc2c(c1)C(=O)N(C[C@@]1(C#Cc3nc(C4C=C(C#N)C=CC4)ccc3OC)NC(=O)NC1=O)C2. The van der Waals surface area contributed by atoms with Gasteiger partial charge >= 0.3 is 6.03 Å². The number of amides is 4. The van der Waals surface area contributed by atoms with Crippen molar-refractivity contribution in [2.75, 3.05) is 20.8 Å². The Hall–Kier alpha value is -5.09. The molecule has 2 aromatic rings. The van der Waals surface area contributed by atoms with Crippen molar-refractivity contribution in [3.05, 3.63) is 76.6 Å². The molecule has 1 aromatic heterocycles. The molecule has 2 aliphatic heterocycles. The molecule has 1 fully saturated rings.